The number of aliphatic hydroxyl groups is 1. The molecule has 0 aliphatic rings. The summed E-state index contributed by atoms with van der Waals surface area (Å²) >= 11 is 0. The molecule has 62 valence electrons. The number of nitrogens with one attached hydrogen (secondary N) is 1. The highest BCUT2D eigenvalue weighted by Gasteiger charge is 2.03. The molecule has 2 N–H and O–H groups in total. The van der Waals surface area contributed by atoms with E-state index in [1.165, 1.54) is 12.8 Å². The van der Waals surface area contributed by atoms with Crippen LogP contribution in [-0.2, 0) is 0 Å². The average Bonchev–Trinajstić information content (AvgIpc) is 1.88. The first-order valence-corrected chi connectivity index (χ1v) is 4.07. The van der Waals surface area contributed by atoms with Gasteiger partial charge in [0.2, 0.25) is 0 Å². The second kappa shape index (κ2) is 5.69. The molecule has 0 fully saturated rings. The van der Waals surface area contributed by atoms with Gasteiger partial charge in [0.15, 0.2) is 0 Å². The minimum Gasteiger partial charge on any atom is -0.395 e. The summed E-state index contributed by atoms with van der Waals surface area (Å²) in [5.74, 6) is 0. The Bertz CT molecular complexity index is 75.7. The van der Waals surface area contributed by atoms with Crippen LogP contribution in [0.4, 0.5) is 0 Å². The molecule has 0 aliphatic carbocycles. The molecule has 10 heavy (non-hydrogen) atoms. The predicted octanol–water partition coefficient (Wildman–Crippen LogP) is 1.15. The molecule has 0 rings (SSSR count). The first-order chi connectivity index (χ1) is 4.70. The van der Waals surface area contributed by atoms with Crippen LogP contribution in [0.3, 0.4) is 0 Å². The zero-order valence-electron chi connectivity index (χ0n) is 7.22. The van der Waals surface area contributed by atoms with Gasteiger partial charge in [0.1, 0.15) is 0 Å². The minimum absolute atomic E-state index is 0.230. The van der Waals surface area contributed by atoms with Crippen LogP contribution in [0.25, 0.3) is 0 Å². The van der Waals surface area contributed by atoms with Crippen LogP contribution in [0.2, 0.25) is 0 Å². The molecule has 0 amide bonds. The smallest absolute Gasteiger partial charge is 0.0582 e. The molecule has 0 heterocycles. The van der Waals surface area contributed by atoms with Gasteiger partial charge in [0.05, 0.1) is 6.61 Å². The van der Waals surface area contributed by atoms with Crippen LogP contribution in [0.5, 0.6) is 0 Å². The van der Waals surface area contributed by atoms with Gasteiger partial charge in [-0.2, -0.15) is 0 Å². The fourth-order valence-corrected chi connectivity index (χ4v) is 1.05. The zero-order valence-corrected chi connectivity index (χ0v) is 7.22. The molecule has 2 heteroatoms. The molecule has 0 saturated heterocycles. The lowest BCUT2D eigenvalue weighted by atomic mass is 10.2. The Morgan fingerprint density at radius 1 is 1.30 bits per heavy atom. The normalized spacial score (nSPS) is 16.8. The third-order valence-electron chi connectivity index (χ3n) is 1.56. The standard InChI is InChI=1S/C8H19NO/c1-4-5-7(2)9-8(3)6-10/h7-10H,4-6H2,1-3H3. The van der Waals surface area contributed by atoms with Gasteiger partial charge in [-0.25, -0.2) is 0 Å². The van der Waals surface area contributed by atoms with Crippen LogP contribution in [-0.4, -0.2) is 23.8 Å². The van der Waals surface area contributed by atoms with Crippen molar-refractivity contribution in [2.45, 2.75) is 45.7 Å². The highest BCUT2D eigenvalue weighted by molar-refractivity contribution is 4.65. The molecule has 0 aromatic heterocycles. The molecular weight excluding hydrogens is 126 g/mol. The predicted molar refractivity (Wildman–Crippen MR) is 44.1 cm³/mol. The zero-order chi connectivity index (χ0) is 7.98. The highest BCUT2D eigenvalue weighted by atomic mass is 16.3. The summed E-state index contributed by atoms with van der Waals surface area (Å²) < 4.78 is 0. The Labute approximate surface area is 63.6 Å². The van der Waals surface area contributed by atoms with E-state index in [1.54, 1.807) is 0 Å². The number of hydrogen-bond acceptors (Lipinski definition) is 2. The van der Waals surface area contributed by atoms with E-state index in [0.29, 0.717) is 6.04 Å². The van der Waals surface area contributed by atoms with E-state index < -0.39 is 0 Å². The van der Waals surface area contributed by atoms with Crippen LogP contribution in [0.1, 0.15) is 33.6 Å². The first kappa shape index (κ1) is 9.92. The summed E-state index contributed by atoms with van der Waals surface area (Å²) in [4.78, 5) is 0. The molecular formula is C8H19NO. The lowest BCUT2D eigenvalue weighted by Gasteiger charge is -2.16. The maximum absolute atomic E-state index is 8.69. The summed E-state index contributed by atoms with van der Waals surface area (Å²) in [5, 5.41) is 12.0. The molecule has 0 aromatic rings. The van der Waals surface area contributed by atoms with Crippen LogP contribution in [0, 0.1) is 0 Å². The van der Waals surface area contributed by atoms with Crippen molar-refractivity contribution in [2.24, 2.45) is 0 Å². The Balaban J connectivity index is 3.27. The molecule has 0 aromatic carbocycles. The van der Waals surface area contributed by atoms with Crippen molar-refractivity contribution in [3.63, 3.8) is 0 Å². The van der Waals surface area contributed by atoms with Crippen LogP contribution in [0.15, 0.2) is 0 Å². The average molecular weight is 145 g/mol. The topological polar surface area (TPSA) is 32.3 Å². The summed E-state index contributed by atoms with van der Waals surface area (Å²) in [5.41, 5.74) is 0. The van der Waals surface area contributed by atoms with Gasteiger partial charge < -0.3 is 10.4 Å². The Morgan fingerprint density at radius 3 is 2.30 bits per heavy atom. The SMILES string of the molecule is CCCC(C)NC(C)CO. The maximum Gasteiger partial charge on any atom is 0.0582 e. The second-order valence-electron chi connectivity index (χ2n) is 2.94. The van der Waals surface area contributed by atoms with E-state index in [-0.39, 0.29) is 12.6 Å². The maximum atomic E-state index is 8.69. The van der Waals surface area contributed by atoms with Crippen molar-refractivity contribution in [1.29, 1.82) is 0 Å². The largest absolute Gasteiger partial charge is 0.395 e. The fraction of sp³-hybridized carbons (Fsp3) is 1.00. The lowest BCUT2D eigenvalue weighted by Crippen LogP contribution is -2.36. The van der Waals surface area contributed by atoms with Gasteiger partial charge in [-0.05, 0) is 20.3 Å². The summed E-state index contributed by atoms with van der Waals surface area (Å²) in [6, 6.07) is 0.772. The molecule has 0 radical (unpaired) electrons. The van der Waals surface area contributed by atoms with Crippen molar-refractivity contribution in [1.82, 2.24) is 5.32 Å². The van der Waals surface area contributed by atoms with Crippen LogP contribution < -0.4 is 5.32 Å². The van der Waals surface area contributed by atoms with Crippen molar-refractivity contribution in [3.05, 3.63) is 0 Å². The fourth-order valence-electron chi connectivity index (χ4n) is 1.05. The molecule has 0 bridgehead atoms. The summed E-state index contributed by atoms with van der Waals surface area (Å²) in [6.45, 7) is 6.54. The molecule has 2 unspecified atom stereocenters. The second-order valence-corrected chi connectivity index (χ2v) is 2.94. The van der Waals surface area contributed by atoms with E-state index in [0.717, 1.165) is 0 Å². The van der Waals surface area contributed by atoms with Crippen molar-refractivity contribution in [3.8, 4) is 0 Å². The minimum atomic E-state index is 0.230. The van der Waals surface area contributed by atoms with E-state index in [4.69, 9.17) is 5.11 Å². The Hall–Kier alpha value is -0.0800. The highest BCUT2D eigenvalue weighted by Crippen LogP contribution is 1.95. The molecule has 0 saturated carbocycles. The van der Waals surface area contributed by atoms with Gasteiger partial charge in [0.25, 0.3) is 0 Å². The van der Waals surface area contributed by atoms with Gasteiger partial charge in [0, 0.05) is 12.1 Å². The molecule has 0 aliphatic heterocycles. The summed E-state index contributed by atoms with van der Waals surface area (Å²) in [6.07, 6.45) is 2.39. The van der Waals surface area contributed by atoms with Crippen molar-refractivity contribution in [2.75, 3.05) is 6.61 Å². The first-order valence-electron chi connectivity index (χ1n) is 4.07. The lowest BCUT2D eigenvalue weighted by molar-refractivity contribution is 0.240. The van der Waals surface area contributed by atoms with E-state index in [1.807, 2.05) is 6.92 Å². The van der Waals surface area contributed by atoms with E-state index in [2.05, 4.69) is 19.2 Å². The number of aliphatic hydroxyl groups excluding tert-OH is 1. The Kier molecular flexibility index (Phi) is 5.64. The molecule has 2 nitrogen and oxygen atoms in total. The summed E-state index contributed by atoms with van der Waals surface area (Å²) in [7, 11) is 0. The van der Waals surface area contributed by atoms with Gasteiger partial charge in [-0.3, -0.25) is 0 Å². The van der Waals surface area contributed by atoms with Gasteiger partial charge >= 0.3 is 0 Å². The van der Waals surface area contributed by atoms with Crippen LogP contribution >= 0.6 is 0 Å². The number of rotatable bonds is 5. The van der Waals surface area contributed by atoms with Gasteiger partial charge in [-0.15, -0.1) is 0 Å². The van der Waals surface area contributed by atoms with E-state index >= 15 is 0 Å². The monoisotopic (exact) mass is 145 g/mol. The van der Waals surface area contributed by atoms with E-state index in [9.17, 15) is 0 Å². The quantitative estimate of drug-likeness (QED) is 0.608. The third-order valence-corrected chi connectivity index (χ3v) is 1.56. The third kappa shape index (κ3) is 4.77. The Morgan fingerprint density at radius 2 is 1.90 bits per heavy atom. The number of hydrogen-bond donors (Lipinski definition) is 2. The van der Waals surface area contributed by atoms with Gasteiger partial charge in [-0.1, -0.05) is 13.3 Å². The van der Waals surface area contributed by atoms with Crippen molar-refractivity contribution >= 4 is 0 Å². The van der Waals surface area contributed by atoms with Crippen molar-refractivity contribution < 1.29 is 5.11 Å². The molecule has 2 atom stereocenters. The molecule has 0 spiro atoms.